The number of rotatable bonds is 6. The molecule has 1 saturated heterocycles. The molecule has 1 aliphatic rings. The summed E-state index contributed by atoms with van der Waals surface area (Å²) in [5.74, 6) is -0.172. The van der Waals surface area contributed by atoms with Gasteiger partial charge in [-0.25, -0.2) is 0 Å². The van der Waals surface area contributed by atoms with Crippen LogP contribution in [0, 0.1) is 5.92 Å². The van der Waals surface area contributed by atoms with Gasteiger partial charge in [-0.2, -0.15) is 0 Å². The standard InChI is InChI=1S/C11H21NO3/c1-8(2)7-15-6-5-9-3-4-10(12-9)11(13)14/h8-10,12H,3-7H2,1-2H3,(H,13,14). The first-order chi connectivity index (χ1) is 7.09. The van der Waals surface area contributed by atoms with E-state index in [1.807, 2.05) is 0 Å². The van der Waals surface area contributed by atoms with Crippen molar-refractivity contribution in [1.82, 2.24) is 5.32 Å². The highest BCUT2D eigenvalue weighted by Gasteiger charge is 2.28. The molecule has 2 unspecified atom stereocenters. The summed E-state index contributed by atoms with van der Waals surface area (Å²) in [6.45, 7) is 5.75. The lowest BCUT2D eigenvalue weighted by Crippen LogP contribution is -2.35. The van der Waals surface area contributed by atoms with Gasteiger partial charge in [0.05, 0.1) is 0 Å². The number of aliphatic carboxylic acids is 1. The molecule has 2 N–H and O–H groups in total. The summed E-state index contributed by atoms with van der Waals surface area (Å²) in [4.78, 5) is 10.7. The van der Waals surface area contributed by atoms with Crippen LogP contribution in [-0.4, -0.2) is 36.4 Å². The van der Waals surface area contributed by atoms with Crippen molar-refractivity contribution >= 4 is 5.97 Å². The number of carboxylic acid groups (broad SMARTS) is 1. The van der Waals surface area contributed by atoms with E-state index >= 15 is 0 Å². The van der Waals surface area contributed by atoms with E-state index in [2.05, 4.69) is 19.2 Å². The van der Waals surface area contributed by atoms with Gasteiger partial charge in [0.1, 0.15) is 6.04 Å². The van der Waals surface area contributed by atoms with Crippen molar-refractivity contribution in [2.24, 2.45) is 5.92 Å². The minimum Gasteiger partial charge on any atom is -0.480 e. The van der Waals surface area contributed by atoms with E-state index < -0.39 is 5.97 Å². The molecule has 0 radical (unpaired) electrons. The highest BCUT2D eigenvalue weighted by molar-refractivity contribution is 5.73. The Labute approximate surface area is 91.0 Å². The smallest absolute Gasteiger partial charge is 0.320 e. The van der Waals surface area contributed by atoms with E-state index in [4.69, 9.17) is 9.84 Å². The van der Waals surface area contributed by atoms with Crippen molar-refractivity contribution in [2.45, 2.75) is 45.2 Å². The summed E-state index contributed by atoms with van der Waals surface area (Å²) in [6.07, 6.45) is 2.60. The molecule has 0 aliphatic carbocycles. The van der Waals surface area contributed by atoms with Crippen LogP contribution in [0.15, 0.2) is 0 Å². The first-order valence-corrected chi connectivity index (χ1v) is 5.66. The molecule has 0 aromatic heterocycles. The highest BCUT2D eigenvalue weighted by atomic mass is 16.5. The summed E-state index contributed by atoms with van der Waals surface area (Å²) in [6, 6.07) is -0.0293. The fourth-order valence-electron chi connectivity index (χ4n) is 1.79. The number of carbonyl (C=O) groups is 1. The average molecular weight is 215 g/mol. The van der Waals surface area contributed by atoms with Gasteiger partial charge >= 0.3 is 5.97 Å². The molecular weight excluding hydrogens is 194 g/mol. The normalized spacial score (nSPS) is 26.1. The zero-order chi connectivity index (χ0) is 11.3. The molecule has 0 aromatic carbocycles. The van der Waals surface area contributed by atoms with E-state index in [1.165, 1.54) is 0 Å². The summed E-state index contributed by atoms with van der Waals surface area (Å²) >= 11 is 0. The minimum absolute atomic E-state index is 0.318. The Balaban J connectivity index is 2.06. The number of nitrogens with one attached hydrogen (secondary N) is 1. The predicted molar refractivity (Wildman–Crippen MR) is 57.9 cm³/mol. The second-order valence-corrected chi connectivity index (χ2v) is 4.59. The third-order valence-corrected chi connectivity index (χ3v) is 2.60. The van der Waals surface area contributed by atoms with Crippen molar-refractivity contribution in [1.29, 1.82) is 0 Å². The maximum atomic E-state index is 10.7. The molecule has 1 rings (SSSR count). The van der Waals surface area contributed by atoms with E-state index in [0.717, 1.165) is 32.5 Å². The van der Waals surface area contributed by atoms with E-state index in [9.17, 15) is 4.79 Å². The van der Waals surface area contributed by atoms with Crippen molar-refractivity contribution in [3.05, 3.63) is 0 Å². The topological polar surface area (TPSA) is 58.6 Å². The van der Waals surface area contributed by atoms with E-state index in [1.54, 1.807) is 0 Å². The lowest BCUT2D eigenvalue weighted by molar-refractivity contribution is -0.139. The summed E-state index contributed by atoms with van der Waals surface area (Å²) in [7, 11) is 0. The Hall–Kier alpha value is -0.610. The zero-order valence-corrected chi connectivity index (χ0v) is 9.53. The molecule has 0 spiro atoms. The maximum absolute atomic E-state index is 10.7. The highest BCUT2D eigenvalue weighted by Crippen LogP contribution is 2.15. The van der Waals surface area contributed by atoms with Gasteiger partial charge in [0.2, 0.25) is 0 Å². The third kappa shape index (κ3) is 4.62. The van der Waals surface area contributed by atoms with Gasteiger partial charge in [-0.15, -0.1) is 0 Å². The number of hydrogen-bond acceptors (Lipinski definition) is 3. The van der Waals surface area contributed by atoms with E-state index in [0.29, 0.717) is 12.0 Å². The van der Waals surface area contributed by atoms with Gasteiger partial charge in [-0.05, 0) is 25.2 Å². The van der Waals surface area contributed by atoms with Crippen LogP contribution in [0.2, 0.25) is 0 Å². The summed E-state index contributed by atoms with van der Waals surface area (Å²) in [5, 5.41) is 11.9. The Morgan fingerprint density at radius 1 is 1.53 bits per heavy atom. The molecule has 0 saturated carbocycles. The molecular formula is C11H21NO3. The monoisotopic (exact) mass is 215 g/mol. The van der Waals surface area contributed by atoms with Crippen LogP contribution in [0.1, 0.15) is 33.1 Å². The van der Waals surface area contributed by atoms with E-state index in [-0.39, 0.29) is 6.04 Å². The lowest BCUT2D eigenvalue weighted by atomic mass is 10.1. The van der Waals surface area contributed by atoms with Crippen molar-refractivity contribution in [3.63, 3.8) is 0 Å². The third-order valence-electron chi connectivity index (χ3n) is 2.60. The first kappa shape index (κ1) is 12.5. The summed E-state index contributed by atoms with van der Waals surface area (Å²) < 4.78 is 5.47. The fraction of sp³-hybridized carbons (Fsp3) is 0.909. The molecule has 0 aromatic rings. The zero-order valence-electron chi connectivity index (χ0n) is 9.53. The average Bonchev–Trinajstić information content (AvgIpc) is 2.60. The molecule has 88 valence electrons. The lowest BCUT2D eigenvalue weighted by Gasteiger charge is -2.12. The Morgan fingerprint density at radius 3 is 2.80 bits per heavy atom. The summed E-state index contributed by atoms with van der Waals surface area (Å²) in [5.41, 5.74) is 0. The Morgan fingerprint density at radius 2 is 2.27 bits per heavy atom. The molecule has 0 amide bonds. The largest absolute Gasteiger partial charge is 0.480 e. The number of ether oxygens (including phenoxy) is 1. The van der Waals surface area contributed by atoms with Gasteiger partial charge in [-0.3, -0.25) is 4.79 Å². The van der Waals surface area contributed by atoms with Gasteiger partial charge in [0.25, 0.3) is 0 Å². The SMILES string of the molecule is CC(C)COCCC1CCC(C(=O)O)N1. The van der Waals surface area contributed by atoms with Crippen LogP contribution in [0.25, 0.3) is 0 Å². The van der Waals surface area contributed by atoms with Crippen molar-refractivity contribution in [3.8, 4) is 0 Å². The van der Waals surface area contributed by atoms with Gasteiger partial charge < -0.3 is 15.2 Å². The number of hydrogen-bond donors (Lipinski definition) is 2. The second kappa shape index (κ2) is 6.08. The molecule has 2 atom stereocenters. The molecule has 0 bridgehead atoms. The van der Waals surface area contributed by atoms with Crippen LogP contribution in [0.3, 0.4) is 0 Å². The van der Waals surface area contributed by atoms with Crippen LogP contribution in [0.4, 0.5) is 0 Å². The molecule has 1 heterocycles. The fourth-order valence-corrected chi connectivity index (χ4v) is 1.79. The van der Waals surface area contributed by atoms with Crippen LogP contribution in [0.5, 0.6) is 0 Å². The molecule has 15 heavy (non-hydrogen) atoms. The molecule has 4 heteroatoms. The van der Waals surface area contributed by atoms with Crippen LogP contribution < -0.4 is 5.32 Å². The Kier molecular flexibility index (Phi) is 5.05. The van der Waals surface area contributed by atoms with Crippen LogP contribution in [-0.2, 0) is 9.53 Å². The molecule has 4 nitrogen and oxygen atoms in total. The predicted octanol–water partition coefficient (Wildman–Crippen LogP) is 1.25. The Bertz CT molecular complexity index is 206. The second-order valence-electron chi connectivity index (χ2n) is 4.59. The molecule has 1 aliphatic heterocycles. The van der Waals surface area contributed by atoms with Crippen molar-refractivity contribution < 1.29 is 14.6 Å². The van der Waals surface area contributed by atoms with Gasteiger partial charge in [0.15, 0.2) is 0 Å². The maximum Gasteiger partial charge on any atom is 0.320 e. The molecule has 1 fully saturated rings. The van der Waals surface area contributed by atoms with Crippen molar-refractivity contribution in [2.75, 3.05) is 13.2 Å². The van der Waals surface area contributed by atoms with Crippen LogP contribution >= 0.6 is 0 Å². The number of carboxylic acids is 1. The quantitative estimate of drug-likeness (QED) is 0.655. The minimum atomic E-state index is -0.736. The van der Waals surface area contributed by atoms with Gasteiger partial charge in [-0.1, -0.05) is 13.8 Å². The first-order valence-electron chi connectivity index (χ1n) is 5.66. The van der Waals surface area contributed by atoms with Gasteiger partial charge in [0, 0.05) is 19.3 Å².